The highest BCUT2D eigenvalue weighted by molar-refractivity contribution is 7.99. The Bertz CT molecular complexity index is 423. The first-order valence-electron chi connectivity index (χ1n) is 6.27. The fraction of sp³-hybridized carbons (Fsp3) is 0.500. The summed E-state index contributed by atoms with van der Waals surface area (Å²) in [6.07, 6.45) is 0.490. The summed E-state index contributed by atoms with van der Waals surface area (Å²) in [6.45, 7) is 4.68. The molecule has 106 valence electrons. The maximum atomic E-state index is 10.5. The molecular weight excluding hydrogens is 262 g/mol. The summed E-state index contributed by atoms with van der Waals surface area (Å²) >= 11 is 1.66. The van der Waals surface area contributed by atoms with Gasteiger partial charge in [-0.05, 0) is 43.2 Å². The zero-order valence-electron chi connectivity index (χ0n) is 11.4. The Kier molecular flexibility index (Phi) is 6.73. The molecule has 0 aromatic heterocycles. The van der Waals surface area contributed by atoms with Gasteiger partial charge in [-0.25, -0.2) is 0 Å². The number of carboxylic acids is 1. The lowest BCUT2D eigenvalue weighted by molar-refractivity contribution is -0.138. The molecule has 0 saturated carbocycles. The number of hydrogen-bond donors (Lipinski definition) is 2. The molecule has 5 heteroatoms. The second kappa shape index (κ2) is 8.07. The first kappa shape index (κ1) is 15.9. The quantitative estimate of drug-likeness (QED) is 0.716. The fourth-order valence-corrected chi connectivity index (χ4v) is 2.34. The number of thioether (sulfide) groups is 1. The summed E-state index contributed by atoms with van der Waals surface area (Å²) < 4.78 is 5.70. The molecule has 0 radical (unpaired) electrons. The van der Waals surface area contributed by atoms with Crippen LogP contribution < -0.4 is 10.5 Å². The van der Waals surface area contributed by atoms with Gasteiger partial charge in [-0.1, -0.05) is 12.1 Å². The third-order valence-corrected chi connectivity index (χ3v) is 3.70. The van der Waals surface area contributed by atoms with Crippen LogP contribution in [0.1, 0.15) is 17.5 Å². The Labute approximate surface area is 118 Å². The summed E-state index contributed by atoms with van der Waals surface area (Å²) in [4.78, 5) is 10.5. The number of aryl methyl sites for hydroxylation is 2. The minimum Gasteiger partial charge on any atom is -0.492 e. The average Bonchev–Trinajstić information content (AvgIpc) is 2.37. The van der Waals surface area contributed by atoms with Crippen LogP contribution >= 0.6 is 11.8 Å². The van der Waals surface area contributed by atoms with Crippen molar-refractivity contribution < 1.29 is 14.6 Å². The molecule has 4 nitrogen and oxygen atoms in total. The van der Waals surface area contributed by atoms with E-state index in [4.69, 9.17) is 15.6 Å². The molecule has 0 bridgehead atoms. The van der Waals surface area contributed by atoms with Crippen LogP contribution in [-0.2, 0) is 4.79 Å². The van der Waals surface area contributed by atoms with Gasteiger partial charge in [0.2, 0.25) is 0 Å². The van der Waals surface area contributed by atoms with Gasteiger partial charge >= 0.3 is 5.97 Å². The number of aliphatic carboxylic acids is 1. The minimum atomic E-state index is -0.938. The molecule has 19 heavy (non-hydrogen) atoms. The Hall–Kier alpha value is -1.20. The minimum absolute atomic E-state index is 0.490. The molecule has 0 saturated heterocycles. The zero-order valence-corrected chi connectivity index (χ0v) is 12.2. The molecule has 3 N–H and O–H groups in total. The fourth-order valence-electron chi connectivity index (χ4n) is 1.51. The van der Waals surface area contributed by atoms with E-state index in [1.165, 1.54) is 5.56 Å². The first-order valence-corrected chi connectivity index (χ1v) is 7.42. The lowest BCUT2D eigenvalue weighted by atomic mass is 10.1. The van der Waals surface area contributed by atoms with Gasteiger partial charge in [0, 0.05) is 5.75 Å². The van der Waals surface area contributed by atoms with E-state index in [0.717, 1.165) is 22.8 Å². The van der Waals surface area contributed by atoms with Crippen molar-refractivity contribution in [1.82, 2.24) is 0 Å². The number of ether oxygens (including phenoxy) is 1. The van der Waals surface area contributed by atoms with Crippen molar-refractivity contribution in [1.29, 1.82) is 0 Å². The average molecular weight is 283 g/mol. The van der Waals surface area contributed by atoms with Crippen LogP contribution in [-0.4, -0.2) is 35.2 Å². The van der Waals surface area contributed by atoms with Gasteiger partial charge in [0.05, 0.1) is 6.61 Å². The molecule has 0 heterocycles. The van der Waals surface area contributed by atoms with Crippen LogP contribution in [0.4, 0.5) is 0 Å². The van der Waals surface area contributed by atoms with E-state index >= 15 is 0 Å². The van der Waals surface area contributed by atoms with Crippen LogP contribution in [0.5, 0.6) is 5.75 Å². The summed E-state index contributed by atoms with van der Waals surface area (Å²) in [5.41, 5.74) is 7.72. The maximum absolute atomic E-state index is 10.5. The normalized spacial score (nSPS) is 12.2. The largest absolute Gasteiger partial charge is 0.492 e. The third-order valence-electron chi connectivity index (χ3n) is 2.72. The Balaban J connectivity index is 2.17. The van der Waals surface area contributed by atoms with Crippen molar-refractivity contribution in [3.05, 3.63) is 29.3 Å². The third kappa shape index (κ3) is 5.98. The summed E-state index contributed by atoms with van der Waals surface area (Å²) in [5, 5.41) is 8.63. The smallest absolute Gasteiger partial charge is 0.320 e. The molecule has 1 atom stereocenters. The van der Waals surface area contributed by atoms with Crippen LogP contribution in [0.3, 0.4) is 0 Å². The van der Waals surface area contributed by atoms with E-state index in [-0.39, 0.29) is 0 Å². The topological polar surface area (TPSA) is 72.5 Å². The van der Waals surface area contributed by atoms with Crippen molar-refractivity contribution in [2.75, 3.05) is 18.1 Å². The molecular formula is C14H21NO3S. The lowest BCUT2D eigenvalue weighted by Gasteiger charge is -2.10. The predicted octanol–water partition coefficient (Wildman–Crippen LogP) is 2.22. The van der Waals surface area contributed by atoms with Gasteiger partial charge in [-0.15, -0.1) is 0 Å². The highest BCUT2D eigenvalue weighted by Crippen LogP contribution is 2.19. The van der Waals surface area contributed by atoms with Gasteiger partial charge in [0.25, 0.3) is 0 Å². The van der Waals surface area contributed by atoms with Gasteiger partial charge in [0.15, 0.2) is 0 Å². The molecule has 1 unspecified atom stereocenters. The number of rotatable bonds is 8. The van der Waals surface area contributed by atoms with E-state index in [1.807, 2.05) is 26.0 Å². The molecule has 0 aliphatic heterocycles. The molecule has 1 aromatic rings. The predicted molar refractivity (Wildman–Crippen MR) is 79.0 cm³/mol. The van der Waals surface area contributed by atoms with Crippen molar-refractivity contribution in [3.63, 3.8) is 0 Å². The zero-order chi connectivity index (χ0) is 14.3. The van der Waals surface area contributed by atoms with Crippen molar-refractivity contribution in [3.8, 4) is 5.75 Å². The number of carbonyl (C=O) groups is 1. The van der Waals surface area contributed by atoms with Crippen LogP contribution in [0.25, 0.3) is 0 Å². The van der Waals surface area contributed by atoms with Gasteiger partial charge in [-0.2, -0.15) is 11.8 Å². The van der Waals surface area contributed by atoms with E-state index in [9.17, 15) is 4.79 Å². The summed E-state index contributed by atoms with van der Waals surface area (Å²) in [7, 11) is 0. The lowest BCUT2D eigenvalue weighted by Crippen LogP contribution is -2.30. The van der Waals surface area contributed by atoms with Crippen LogP contribution in [0, 0.1) is 13.8 Å². The van der Waals surface area contributed by atoms with Gasteiger partial charge < -0.3 is 15.6 Å². The molecule has 1 rings (SSSR count). The summed E-state index contributed by atoms with van der Waals surface area (Å²) in [5.74, 6) is 1.55. The van der Waals surface area contributed by atoms with Gasteiger partial charge in [-0.3, -0.25) is 4.79 Å². The number of benzene rings is 1. The molecule has 1 aromatic carbocycles. The van der Waals surface area contributed by atoms with E-state index in [2.05, 4.69) is 6.07 Å². The highest BCUT2D eigenvalue weighted by Gasteiger charge is 2.10. The molecule has 0 aliphatic carbocycles. The standard InChI is InChI=1S/C14H21NO3S/c1-10-3-4-11(2)13(9-10)18-6-8-19-7-5-12(15)14(16)17/h3-4,9,12H,5-8,15H2,1-2H3,(H,16,17). The van der Waals surface area contributed by atoms with Crippen molar-refractivity contribution in [2.24, 2.45) is 5.73 Å². The molecule has 0 fully saturated rings. The van der Waals surface area contributed by atoms with Crippen LogP contribution in [0.15, 0.2) is 18.2 Å². The molecule has 0 spiro atoms. The highest BCUT2D eigenvalue weighted by atomic mass is 32.2. The second-order valence-electron chi connectivity index (χ2n) is 4.46. The van der Waals surface area contributed by atoms with Crippen LogP contribution in [0.2, 0.25) is 0 Å². The monoisotopic (exact) mass is 283 g/mol. The number of hydrogen-bond acceptors (Lipinski definition) is 4. The SMILES string of the molecule is Cc1ccc(C)c(OCCSCCC(N)C(=O)O)c1. The molecule has 0 amide bonds. The van der Waals surface area contributed by atoms with E-state index in [0.29, 0.717) is 13.0 Å². The van der Waals surface area contributed by atoms with E-state index < -0.39 is 12.0 Å². The number of nitrogens with two attached hydrogens (primary N) is 1. The van der Waals surface area contributed by atoms with E-state index in [1.54, 1.807) is 11.8 Å². The van der Waals surface area contributed by atoms with Crippen molar-refractivity contribution in [2.45, 2.75) is 26.3 Å². The Morgan fingerprint density at radius 2 is 2.16 bits per heavy atom. The Morgan fingerprint density at radius 3 is 2.84 bits per heavy atom. The van der Waals surface area contributed by atoms with Crippen molar-refractivity contribution >= 4 is 17.7 Å². The first-order chi connectivity index (χ1) is 9.00. The maximum Gasteiger partial charge on any atom is 0.320 e. The van der Waals surface area contributed by atoms with Gasteiger partial charge in [0.1, 0.15) is 11.8 Å². The molecule has 0 aliphatic rings. The summed E-state index contributed by atoms with van der Waals surface area (Å²) in [6, 6.07) is 5.38. The Morgan fingerprint density at radius 1 is 1.42 bits per heavy atom. The number of carboxylic acid groups (broad SMARTS) is 1. The second-order valence-corrected chi connectivity index (χ2v) is 5.69.